The topological polar surface area (TPSA) is 72.6 Å². The summed E-state index contributed by atoms with van der Waals surface area (Å²) in [7, 11) is 0. The minimum absolute atomic E-state index is 0.0387. The van der Waals surface area contributed by atoms with Crippen LogP contribution in [0.5, 0.6) is 11.5 Å². The van der Waals surface area contributed by atoms with Gasteiger partial charge in [-0.2, -0.15) is 0 Å². The van der Waals surface area contributed by atoms with Gasteiger partial charge in [-0.1, -0.05) is 30.3 Å². The smallest absolute Gasteiger partial charge is 0.248 e. The minimum atomic E-state index is -0.596. The van der Waals surface area contributed by atoms with Gasteiger partial charge in [0.1, 0.15) is 11.5 Å². The lowest BCUT2D eigenvalue weighted by Crippen LogP contribution is -2.16. The van der Waals surface area contributed by atoms with E-state index in [0.717, 1.165) is 12.0 Å². The lowest BCUT2D eigenvalue weighted by molar-refractivity contribution is 0.0999. The number of benzene rings is 2. The van der Waals surface area contributed by atoms with Gasteiger partial charge < -0.3 is 15.6 Å². The molecule has 0 heterocycles. The molecule has 0 aliphatic rings. The molecule has 1 atom stereocenters. The van der Waals surface area contributed by atoms with Crippen LogP contribution in [0, 0.1) is 0 Å². The molecule has 2 rings (SSSR count). The number of nitrogens with two attached hydrogens (primary N) is 1. The van der Waals surface area contributed by atoms with Gasteiger partial charge in [0, 0.05) is 18.1 Å². The number of primary amides is 1. The quantitative estimate of drug-likeness (QED) is 0.877. The van der Waals surface area contributed by atoms with E-state index in [1.54, 1.807) is 0 Å². The van der Waals surface area contributed by atoms with E-state index in [1.165, 1.54) is 18.2 Å². The molecule has 0 fully saturated rings. The second-order valence-corrected chi connectivity index (χ2v) is 4.70. The van der Waals surface area contributed by atoms with Gasteiger partial charge in [-0.15, -0.1) is 0 Å². The molecular formula is C16H17NO3. The Bertz CT molecular complexity index is 596. The maximum Gasteiger partial charge on any atom is 0.248 e. The number of phenols is 1. The van der Waals surface area contributed by atoms with Crippen molar-refractivity contribution < 1.29 is 14.6 Å². The van der Waals surface area contributed by atoms with Crippen molar-refractivity contribution >= 4 is 5.91 Å². The van der Waals surface area contributed by atoms with E-state index in [0.29, 0.717) is 5.75 Å². The first-order valence-corrected chi connectivity index (χ1v) is 6.39. The average Bonchev–Trinajstić information content (AvgIpc) is 2.38. The van der Waals surface area contributed by atoms with Gasteiger partial charge in [-0.3, -0.25) is 4.79 Å². The molecule has 3 N–H and O–H groups in total. The minimum Gasteiger partial charge on any atom is -0.508 e. The van der Waals surface area contributed by atoms with Crippen LogP contribution in [-0.4, -0.2) is 17.1 Å². The summed E-state index contributed by atoms with van der Waals surface area (Å²) in [5, 5.41) is 9.56. The fourth-order valence-electron chi connectivity index (χ4n) is 2.01. The van der Waals surface area contributed by atoms with Crippen LogP contribution in [0.25, 0.3) is 0 Å². The number of ether oxygens (including phenoxy) is 1. The monoisotopic (exact) mass is 271 g/mol. The Hall–Kier alpha value is -2.49. The molecule has 4 heteroatoms. The highest BCUT2D eigenvalue weighted by atomic mass is 16.5. The van der Waals surface area contributed by atoms with Crippen molar-refractivity contribution in [2.45, 2.75) is 19.4 Å². The highest BCUT2D eigenvalue weighted by molar-refractivity contribution is 5.93. The maximum absolute atomic E-state index is 11.1. The molecular weight excluding hydrogens is 254 g/mol. The molecule has 0 bridgehead atoms. The SMILES string of the molecule is C[C@@H](Cc1ccccc1)Oc1cc(O)cc(C(N)=O)c1. The molecule has 0 spiro atoms. The van der Waals surface area contributed by atoms with E-state index in [4.69, 9.17) is 10.5 Å². The molecule has 2 aromatic rings. The van der Waals surface area contributed by atoms with Gasteiger partial charge in [0.05, 0.1) is 6.10 Å². The Labute approximate surface area is 117 Å². The van der Waals surface area contributed by atoms with Crippen molar-refractivity contribution in [2.75, 3.05) is 0 Å². The summed E-state index contributed by atoms with van der Waals surface area (Å²) in [5.74, 6) is -0.202. The zero-order chi connectivity index (χ0) is 14.5. The third-order valence-corrected chi connectivity index (χ3v) is 2.88. The zero-order valence-electron chi connectivity index (χ0n) is 11.2. The van der Waals surface area contributed by atoms with Gasteiger partial charge in [0.2, 0.25) is 5.91 Å². The first kappa shape index (κ1) is 13.9. The van der Waals surface area contributed by atoms with E-state index >= 15 is 0 Å². The summed E-state index contributed by atoms with van der Waals surface area (Å²) in [6.07, 6.45) is 0.655. The summed E-state index contributed by atoms with van der Waals surface area (Å²) in [6, 6.07) is 14.3. The summed E-state index contributed by atoms with van der Waals surface area (Å²) in [5.41, 5.74) is 6.59. The Kier molecular flexibility index (Phi) is 4.25. The Morgan fingerprint density at radius 3 is 2.60 bits per heavy atom. The molecule has 0 saturated heterocycles. The number of amides is 1. The second-order valence-electron chi connectivity index (χ2n) is 4.70. The van der Waals surface area contributed by atoms with Crippen LogP contribution in [0.15, 0.2) is 48.5 Å². The number of carbonyl (C=O) groups is 1. The van der Waals surface area contributed by atoms with Crippen molar-refractivity contribution in [1.82, 2.24) is 0 Å². The number of carbonyl (C=O) groups excluding carboxylic acids is 1. The first-order valence-electron chi connectivity index (χ1n) is 6.39. The van der Waals surface area contributed by atoms with Crippen LogP contribution in [0.2, 0.25) is 0 Å². The van der Waals surface area contributed by atoms with E-state index in [9.17, 15) is 9.90 Å². The van der Waals surface area contributed by atoms with Crippen LogP contribution in [0.3, 0.4) is 0 Å². The van der Waals surface area contributed by atoms with Crippen LogP contribution in [-0.2, 0) is 6.42 Å². The molecule has 2 aromatic carbocycles. The van der Waals surface area contributed by atoms with E-state index in [1.807, 2.05) is 37.3 Å². The third-order valence-electron chi connectivity index (χ3n) is 2.88. The van der Waals surface area contributed by atoms with Crippen molar-refractivity contribution in [1.29, 1.82) is 0 Å². The van der Waals surface area contributed by atoms with Crippen LogP contribution in [0.1, 0.15) is 22.8 Å². The van der Waals surface area contributed by atoms with Crippen molar-refractivity contribution in [2.24, 2.45) is 5.73 Å². The summed E-state index contributed by atoms with van der Waals surface area (Å²) < 4.78 is 5.72. The van der Waals surface area contributed by atoms with Crippen LogP contribution >= 0.6 is 0 Å². The molecule has 1 amide bonds. The number of hydrogen-bond donors (Lipinski definition) is 2. The van der Waals surface area contributed by atoms with Gasteiger partial charge in [-0.25, -0.2) is 0 Å². The summed E-state index contributed by atoms with van der Waals surface area (Å²) in [4.78, 5) is 11.1. The molecule has 0 aromatic heterocycles. The zero-order valence-corrected chi connectivity index (χ0v) is 11.2. The van der Waals surface area contributed by atoms with E-state index < -0.39 is 5.91 Å². The number of hydrogen-bond acceptors (Lipinski definition) is 3. The Morgan fingerprint density at radius 1 is 1.25 bits per heavy atom. The normalized spacial score (nSPS) is 11.8. The largest absolute Gasteiger partial charge is 0.508 e. The molecule has 104 valence electrons. The highest BCUT2D eigenvalue weighted by Crippen LogP contribution is 2.23. The predicted molar refractivity (Wildman–Crippen MR) is 76.9 cm³/mol. The van der Waals surface area contributed by atoms with Gasteiger partial charge in [-0.05, 0) is 24.6 Å². The molecule has 20 heavy (non-hydrogen) atoms. The molecule has 0 saturated carbocycles. The summed E-state index contributed by atoms with van der Waals surface area (Å²) >= 11 is 0. The third kappa shape index (κ3) is 3.75. The number of aromatic hydroxyl groups is 1. The second kappa shape index (κ2) is 6.10. The molecule has 4 nitrogen and oxygen atoms in total. The van der Waals surface area contributed by atoms with Crippen molar-refractivity contribution in [3.63, 3.8) is 0 Å². The van der Waals surface area contributed by atoms with Crippen molar-refractivity contribution in [3.8, 4) is 11.5 Å². The van der Waals surface area contributed by atoms with E-state index in [-0.39, 0.29) is 17.4 Å². The molecule has 0 radical (unpaired) electrons. The van der Waals surface area contributed by atoms with Crippen LogP contribution < -0.4 is 10.5 Å². The lowest BCUT2D eigenvalue weighted by Gasteiger charge is -2.15. The Balaban J connectivity index is 2.07. The lowest BCUT2D eigenvalue weighted by atomic mass is 10.1. The van der Waals surface area contributed by atoms with Crippen LogP contribution in [0.4, 0.5) is 0 Å². The summed E-state index contributed by atoms with van der Waals surface area (Å²) in [6.45, 7) is 1.93. The van der Waals surface area contributed by atoms with Crippen molar-refractivity contribution in [3.05, 3.63) is 59.7 Å². The standard InChI is InChI=1S/C16H17NO3/c1-11(7-12-5-3-2-4-6-12)20-15-9-13(16(17)19)8-14(18)10-15/h2-6,8-11,18H,7H2,1H3,(H2,17,19)/t11-/m0/s1. The van der Waals surface area contributed by atoms with Gasteiger partial charge >= 0.3 is 0 Å². The highest BCUT2D eigenvalue weighted by Gasteiger charge is 2.09. The fraction of sp³-hybridized carbons (Fsp3) is 0.188. The van der Waals surface area contributed by atoms with E-state index in [2.05, 4.69) is 0 Å². The fourth-order valence-corrected chi connectivity index (χ4v) is 2.01. The predicted octanol–water partition coefficient (Wildman–Crippen LogP) is 2.50. The molecule has 0 aliphatic carbocycles. The first-order chi connectivity index (χ1) is 9.54. The number of phenolic OH excluding ortho intramolecular Hbond substituents is 1. The molecule has 0 aliphatic heterocycles. The maximum atomic E-state index is 11.1. The van der Waals surface area contributed by atoms with Gasteiger partial charge in [0.15, 0.2) is 0 Å². The number of rotatable bonds is 5. The molecule has 0 unspecified atom stereocenters. The Morgan fingerprint density at radius 2 is 1.95 bits per heavy atom. The average molecular weight is 271 g/mol. The van der Waals surface area contributed by atoms with Gasteiger partial charge in [0.25, 0.3) is 0 Å².